The van der Waals surface area contributed by atoms with Crippen LogP contribution >= 0.6 is 7.82 Å². The van der Waals surface area contributed by atoms with Crippen molar-refractivity contribution in [3.05, 3.63) is 72.9 Å². The van der Waals surface area contributed by atoms with Crippen molar-refractivity contribution in [1.82, 2.24) is 5.32 Å². The van der Waals surface area contributed by atoms with E-state index in [0.29, 0.717) is 17.4 Å². The van der Waals surface area contributed by atoms with Gasteiger partial charge in [0, 0.05) is 12.8 Å². The zero-order chi connectivity index (χ0) is 60.7. The lowest BCUT2D eigenvalue weighted by molar-refractivity contribution is -0.870. The van der Waals surface area contributed by atoms with Gasteiger partial charge >= 0.3 is 5.97 Å². The number of allylic oxidation sites excluding steroid dienone is 11. The molecule has 10 heteroatoms. The van der Waals surface area contributed by atoms with Crippen LogP contribution in [0, 0.1) is 0 Å². The molecule has 0 fully saturated rings. The molecule has 0 saturated carbocycles. The summed E-state index contributed by atoms with van der Waals surface area (Å²) < 4.78 is 30.4. The van der Waals surface area contributed by atoms with Crippen molar-refractivity contribution in [3.8, 4) is 0 Å². The Morgan fingerprint density at radius 3 is 1.13 bits per heavy atom. The van der Waals surface area contributed by atoms with Crippen LogP contribution in [0.4, 0.5) is 0 Å². The zero-order valence-corrected chi connectivity index (χ0v) is 56.3. The van der Waals surface area contributed by atoms with E-state index in [4.69, 9.17) is 13.8 Å². The summed E-state index contributed by atoms with van der Waals surface area (Å²) in [7, 11) is 1.18. The third-order valence-corrected chi connectivity index (χ3v) is 16.6. The van der Waals surface area contributed by atoms with Crippen LogP contribution in [0.1, 0.15) is 329 Å². The van der Waals surface area contributed by atoms with Crippen molar-refractivity contribution in [1.29, 1.82) is 0 Å². The predicted octanol–water partition coefficient (Wildman–Crippen LogP) is 21.7. The number of nitrogens with zero attached hydrogens (tertiary/aromatic N) is 1. The molecule has 0 bridgehead atoms. The van der Waals surface area contributed by atoms with Gasteiger partial charge in [0.25, 0.3) is 7.82 Å². The molecule has 0 aromatic rings. The largest absolute Gasteiger partial charge is 0.756 e. The van der Waals surface area contributed by atoms with Crippen molar-refractivity contribution >= 4 is 19.7 Å². The molecule has 0 aliphatic carbocycles. The summed E-state index contributed by atoms with van der Waals surface area (Å²) in [5.74, 6) is -0.545. The Bertz CT molecular complexity index is 1650. The van der Waals surface area contributed by atoms with Gasteiger partial charge in [0.2, 0.25) is 5.91 Å². The summed E-state index contributed by atoms with van der Waals surface area (Å²) in [6, 6.07) is -0.896. The molecule has 0 aliphatic heterocycles. The maximum absolute atomic E-state index is 13.6. The minimum atomic E-state index is -4.71. The van der Waals surface area contributed by atoms with E-state index in [0.717, 1.165) is 89.9 Å². The average molecular weight is 1180 g/mol. The summed E-state index contributed by atoms with van der Waals surface area (Å²) in [5, 5.41) is 3.04. The molecule has 1 amide bonds. The molecule has 0 spiro atoms. The monoisotopic (exact) mass is 1180 g/mol. The number of hydrogen-bond acceptors (Lipinski definition) is 7. The molecule has 0 saturated heterocycles. The fourth-order valence-corrected chi connectivity index (χ4v) is 10.9. The maximum Gasteiger partial charge on any atom is 0.306 e. The number of likely N-dealkylation sites (N-methyl/N-ethyl adjacent to an activating group) is 1. The fraction of sp³-hybridized carbons (Fsp3) is 0.808. The van der Waals surface area contributed by atoms with Crippen LogP contribution in [0.3, 0.4) is 0 Å². The Labute approximate surface area is 514 Å². The second kappa shape index (κ2) is 62.5. The Hall–Kier alpha value is -2.55. The number of hydrogen-bond donors (Lipinski definition) is 1. The number of carbonyl (C=O) groups is 2. The van der Waals surface area contributed by atoms with E-state index in [1.165, 1.54) is 205 Å². The first kappa shape index (κ1) is 80.5. The number of rotatable bonds is 64. The lowest BCUT2D eigenvalue weighted by Gasteiger charge is -2.30. The van der Waals surface area contributed by atoms with Gasteiger partial charge in [-0.05, 0) is 102 Å². The summed E-state index contributed by atoms with van der Waals surface area (Å²) >= 11 is 0. The van der Waals surface area contributed by atoms with Crippen LogP contribution in [-0.4, -0.2) is 69.4 Å². The summed E-state index contributed by atoms with van der Waals surface area (Å²) in [5.41, 5.74) is 0. The summed E-state index contributed by atoms with van der Waals surface area (Å²) in [6.07, 6.45) is 81.5. The first-order chi connectivity index (χ1) is 40.4. The molecule has 0 aliphatic rings. The number of quaternary nitrogens is 1. The van der Waals surface area contributed by atoms with Gasteiger partial charge in [-0.25, -0.2) is 0 Å². The predicted molar refractivity (Wildman–Crippen MR) is 358 cm³/mol. The van der Waals surface area contributed by atoms with Gasteiger partial charge in [0.1, 0.15) is 19.3 Å². The number of phosphoric acid groups is 1. The van der Waals surface area contributed by atoms with Gasteiger partial charge in [-0.3, -0.25) is 14.2 Å². The third-order valence-electron chi connectivity index (χ3n) is 15.6. The van der Waals surface area contributed by atoms with Crippen LogP contribution in [0.15, 0.2) is 72.9 Å². The Morgan fingerprint density at radius 1 is 0.422 bits per heavy atom. The number of esters is 1. The third kappa shape index (κ3) is 63.8. The smallest absolute Gasteiger partial charge is 0.306 e. The highest BCUT2D eigenvalue weighted by Crippen LogP contribution is 2.38. The van der Waals surface area contributed by atoms with Crippen molar-refractivity contribution in [2.75, 3.05) is 40.9 Å². The van der Waals surface area contributed by atoms with Gasteiger partial charge in [-0.15, -0.1) is 0 Å². The van der Waals surface area contributed by atoms with Gasteiger partial charge in [-0.2, -0.15) is 0 Å². The molecule has 0 aromatic carbocycles. The summed E-state index contributed by atoms with van der Waals surface area (Å²) in [6.45, 7) is 6.84. The fourth-order valence-electron chi connectivity index (χ4n) is 10.1. The number of phosphoric ester groups is 1. The molecule has 484 valence electrons. The molecule has 1 N–H and O–H groups in total. The van der Waals surface area contributed by atoms with Crippen LogP contribution in [-0.2, 0) is 27.9 Å². The Kier molecular flexibility index (Phi) is 60.6. The molecule has 3 atom stereocenters. The number of ether oxygens (including phenoxy) is 1. The molecule has 0 rings (SSSR count). The highest BCUT2D eigenvalue weighted by molar-refractivity contribution is 7.45. The molecule has 83 heavy (non-hydrogen) atoms. The first-order valence-electron chi connectivity index (χ1n) is 35.2. The molecular weight excluding hydrogens is 1050 g/mol. The minimum Gasteiger partial charge on any atom is -0.756 e. The Morgan fingerprint density at radius 2 is 0.735 bits per heavy atom. The van der Waals surface area contributed by atoms with Gasteiger partial charge < -0.3 is 28.5 Å². The molecule has 0 aromatic heterocycles. The van der Waals surface area contributed by atoms with Crippen LogP contribution in [0.2, 0.25) is 0 Å². The van der Waals surface area contributed by atoms with E-state index < -0.39 is 26.6 Å². The number of amides is 1. The lowest BCUT2D eigenvalue weighted by atomic mass is 10.0. The van der Waals surface area contributed by atoms with Crippen LogP contribution in [0.25, 0.3) is 0 Å². The highest BCUT2D eigenvalue weighted by Gasteiger charge is 2.27. The van der Waals surface area contributed by atoms with E-state index in [1.807, 2.05) is 33.3 Å². The lowest BCUT2D eigenvalue weighted by Crippen LogP contribution is -2.47. The van der Waals surface area contributed by atoms with Gasteiger partial charge in [0.05, 0.1) is 33.8 Å². The molecular formula is C73H135N2O7P. The van der Waals surface area contributed by atoms with E-state index in [2.05, 4.69) is 86.8 Å². The van der Waals surface area contributed by atoms with E-state index in [9.17, 15) is 19.0 Å². The Balaban J connectivity index is 5.16. The van der Waals surface area contributed by atoms with Crippen LogP contribution in [0.5, 0.6) is 0 Å². The number of nitrogens with one attached hydrogen (secondary N) is 1. The topological polar surface area (TPSA) is 114 Å². The first-order valence-corrected chi connectivity index (χ1v) is 36.7. The number of carbonyl (C=O) groups excluding carboxylic acids is 2. The zero-order valence-electron chi connectivity index (χ0n) is 55.4. The molecule has 0 radical (unpaired) electrons. The van der Waals surface area contributed by atoms with Gasteiger partial charge in [0.15, 0.2) is 0 Å². The van der Waals surface area contributed by atoms with E-state index in [1.54, 1.807) is 0 Å². The van der Waals surface area contributed by atoms with Crippen molar-refractivity contribution in [2.24, 2.45) is 0 Å². The minimum absolute atomic E-state index is 0.0256. The second-order valence-electron chi connectivity index (χ2n) is 25.0. The number of unbranched alkanes of at least 4 members (excludes halogenated alkanes) is 38. The normalized spacial score (nSPS) is 14.0. The quantitative estimate of drug-likeness (QED) is 0.0212. The van der Waals surface area contributed by atoms with Crippen molar-refractivity contribution in [3.63, 3.8) is 0 Å². The van der Waals surface area contributed by atoms with E-state index in [-0.39, 0.29) is 24.9 Å². The van der Waals surface area contributed by atoms with E-state index >= 15 is 0 Å². The maximum atomic E-state index is 13.6. The average Bonchev–Trinajstić information content (AvgIpc) is 3.47. The van der Waals surface area contributed by atoms with Gasteiger partial charge in [-0.1, -0.05) is 287 Å². The SMILES string of the molecule is CCCCC/C=C\C/C=C\C/C=C\C/C=C\CCCCCCCCCC(=O)OC(/C=C/CCCCCCCCCCCCC)C(COP(=O)([O-])OCC[N+](C)(C)C)NC(=O)CCCCCCCCCCCCC/C=C/CCCCCCCC. The standard InChI is InChI=1S/C73H135N2O7P/c1-7-10-13-16-19-22-25-28-30-32-34-36-37-39-41-43-45-48-51-54-57-60-63-66-73(77)82-71(64-61-58-55-52-49-46-27-24-21-18-15-12-9-3)70(69-81-83(78,79)80-68-67-75(4,5)6)74-72(76)65-62-59-56-53-50-47-44-42-40-38-35-33-31-29-26-23-20-17-14-11-8-2/h19,22,28-31,34,36,39,41,61,64,70-71H,7-18,20-21,23-27,32-33,35,37-38,40,42-60,62-63,65-69H2,1-6H3,(H-,74,76,78,79)/b22-19-,30-28-,31-29+,36-34-,41-39-,64-61+. The van der Waals surface area contributed by atoms with Crippen molar-refractivity contribution < 1.29 is 37.3 Å². The molecule has 9 nitrogen and oxygen atoms in total. The highest BCUT2D eigenvalue weighted by atomic mass is 31.2. The second-order valence-corrected chi connectivity index (χ2v) is 26.4. The van der Waals surface area contributed by atoms with Crippen LogP contribution < -0.4 is 10.2 Å². The van der Waals surface area contributed by atoms with Crippen molar-refractivity contribution in [2.45, 2.75) is 341 Å². The summed E-state index contributed by atoms with van der Waals surface area (Å²) in [4.78, 5) is 40.2. The molecule has 3 unspecified atom stereocenters. The molecule has 0 heterocycles.